The minimum Gasteiger partial charge on any atom is -0.497 e. The minimum atomic E-state index is -3.58. The van der Waals surface area contributed by atoms with Crippen molar-refractivity contribution < 1.29 is 27.5 Å². The molecule has 1 N–H and O–H groups in total. The highest BCUT2D eigenvalue weighted by Crippen LogP contribution is 2.16. The van der Waals surface area contributed by atoms with Crippen molar-refractivity contribution in [3.8, 4) is 5.75 Å². The van der Waals surface area contributed by atoms with Gasteiger partial charge in [0.2, 0.25) is 0 Å². The number of hydrogen-bond acceptors (Lipinski definition) is 6. The Morgan fingerprint density at radius 2 is 1.70 bits per heavy atom. The van der Waals surface area contributed by atoms with E-state index < -0.39 is 28.3 Å². The lowest BCUT2D eigenvalue weighted by Gasteiger charge is -2.09. The third kappa shape index (κ3) is 6.10. The maximum Gasteiger partial charge on any atom is 0.339 e. The second-order valence-electron chi connectivity index (χ2n) is 5.79. The molecule has 0 aliphatic carbocycles. The van der Waals surface area contributed by atoms with E-state index in [1.54, 1.807) is 7.11 Å². The SMILES string of the molecule is COc1ccc(CCNC(=O)COC(=O)c2ccccc2S(C)(=O)=O)cc1. The van der Waals surface area contributed by atoms with Gasteiger partial charge in [-0.3, -0.25) is 4.79 Å². The Kier molecular flexibility index (Phi) is 6.95. The Bertz CT molecular complexity index is 906. The van der Waals surface area contributed by atoms with Crippen molar-refractivity contribution in [1.82, 2.24) is 5.32 Å². The van der Waals surface area contributed by atoms with E-state index in [9.17, 15) is 18.0 Å². The molecule has 2 aromatic carbocycles. The predicted molar refractivity (Wildman–Crippen MR) is 99.5 cm³/mol. The van der Waals surface area contributed by atoms with Crippen LogP contribution in [0.2, 0.25) is 0 Å². The molecule has 0 heterocycles. The molecular formula is C19H21NO6S. The molecule has 0 atom stereocenters. The van der Waals surface area contributed by atoms with Gasteiger partial charge in [0, 0.05) is 12.8 Å². The van der Waals surface area contributed by atoms with Gasteiger partial charge in [0.15, 0.2) is 16.4 Å². The van der Waals surface area contributed by atoms with Crippen molar-refractivity contribution in [2.24, 2.45) is 0 Å². The second kappa shape index (κ2) is 9.18. The molecule has 8 heteroatoms. The van der Waals surface area contributed by atoms with Gasteiger partial charge in [-0.2, -0.15) is 0 Å². The van der Waals surface area contributed by atoms with Crippen molar-refractivity contribution in [1.29, 1.82) is 0 Å². The van der Waals surface area contributed by atoms with Crippen LogP contribution in [0.4, 0.5) is 0 Å². The lowest BCUT2D eigenvalue weighted by Crippen LogP contribution is -2.30. The molecule has 0 aromatic heterocycles. The molecule has 0 saturated carbocycles. The fourth-order valence-corrected chi connectivity index (χ4v) is 3.23. The molecule has 0 spiro atoms. The van der Waals surface area contributed by atoms with Crippen molar-refractivity contribution in [3.05, 3.63) is 59.7 Å². The first-order valence-electron chi connectivity index (χ1n) is 8.17. The molecule has 0 fully saturated rings. The summed E-state index contributed by atoms with van der Waals surface area (Å²) in [5.41, 5.74) is 0.932. The number of hydrogen-bond donors (Lipinski definition) is 1. The summed E-state index contributed by atoms with van der Waals surface area (Å²) in [4.78, 5) is 23.8. The number of esters is 1. The highest BCUT2D eigenvalue weighted by molar-refractivity contribution is 7.90. The number of carbonyl (C=O) groups is 2. The first kappa shape index (κ1) is 20.4. The van der Waals surface area contributed by atoms with Crippen LogP contribution in [0.5, 0.6) is 5.75 Å². The molecule has 0 saturated heterocycles. The molecular weight excluding hydrogens is 370 g/mol. The molecule has 144 valence electrons. The largest absolute Gasteiger partial charge is 0.497 e. The fraction of sp³-hybridized carbons (Fsp3) is 0.263. The van der Waals surface area contributed by atoms with Crippen LogP contribution >= 0.6 is 0 Å². The zero-order chi connectivity index (χ0) is 19.9. The summed E-state index contributed by atoms with van der Waals surface area (Å²) in [6, 6.07) is 13.2. The molecule has 0 bridgehead atoms. The summed E-state index contributed by atoms with van der Waals surface area (Å²) in [6.45, 7) is -0.109. The van der Waals surface area contributed by atoms with Crippen LogP contribution in [0.25, 0.3) is 0 Å². The van der Waals surface area contributed by atoms with Gasteiger partial charge < -0.3 is 14.8 Å². The Hall–Kier alpha value is -2.87. The third-order valence-corrected chi connectivity index (χ3v) is 4.89. The van der Waals surface area contributed by atoms with Crippen LogP contribution in [0, 0.1) is 0 Å². The smallest absolute Gasteiger partial charge is 0.339 e. The summed E-state index contributed by atoms with van der Waals surface area (Å²) in [6.07, 6.45) is 1.62. The number of rotatable bonds is 8. The Morgan fingerprint density at radius 3 is 2.33 bits per heavy atom. The van der Waals surface area contributed by atoms with Gasteiger partial charge in [-0.1, -0.05) is 24.3 Å². The van der Waals surface area contributed by atoms with E-state index in [2.05, 4.69) is 5.32 Å². The summed E-state index contributed by atoms with van der Waals surface area (Å²) in [7, 11) is -1.99. The van der Waals surface area contributed by atoms with E-state index in [4.69, 9.17) is 9.47 Å². The van der Waals surface area contributed by atoms with Crippen LogP contribution in [0.3, 0.4) is 0 Å². The first-order valence-corrected chi connectivity index (χ1v) is 10.1. The molecule has 0 radical (unpaired) electrons. The average molecular weight is 391 g/mol. The Labute approximate surface area is 158 Å². The summed E-state index contributed by atoms with van der Waals surface area (Å²) >= 11 is 0. The van der Waals surface area contributed by atoms with Gasteiger partial charge in [0.25, 0.3) is 5.91 Å². The van der Waals surface area contributed by atoms with E-state index in [1.807, 2.05) is 24.3 Å². The normalized spacial score (nSPS) is 10.9. The highest BCUT2D eigenvalue weighted by Gasteiger charge is 2.19. The topological polar surface area (TPSA) is 98.8 Å². The number of sulfone groups is 1. The molecule has 0 aliphatic heterocycles. The van der Waals surface area contributed by atoms with Crippen LogP contribution < -0.4 is 10.1 Å². The third-order valence-electron chi connectivity index (χ3n) is 3.74. The van der Waals surface area contributed by atoms with Crippen LogP contribution in [0.1, 0.15) is 15.9 Å². The van der Waals surface area contributed by atoms with E-state index in [0.29, 0.717) is 13.0 Å². The fourth-order valence-electron chi connectivity index (χ4n) is 2.36. The molecule has 7 nitrogen and oxygen atoms in total. The number of methoxy groups -OCH3 is 1. The molecule has 1 amide bonds. The van der Waals surface area contributed by atoms with Crippen molar-refractivity contribution >= 4 is 21.7 Å². The summed E-state index contributed by atoms with van der Waals surface area (Å²) in [5, 5.41) is 2.65. The van der Waals surface area contributed by atoms with Crippen molar-refractivity contribution in [2.75, 3.05) is 26.5 Å². The average Bonchev–Trinajstić information content (AvgIpc) is 2.66. The number of amides is 1. The molecule has 2 rings (SSSR count). The maximum absolute atomic E-state index is 12.1. The van der Waals surface area contributed by atoms with Crippen LogP contribution in [0.15, 0.2) is 53.4 Å². The zero-order valence-corrected chi connectivity index (χ0v) is 15.9. The maximum atomic E-state index is 12.1. The monoisotopic (exact) mass is 391 g/mol. The predicted octanol–water partition coefficient (Wildman–Crippen LogP) is 1.61. The zero-order valence-electron chi connectivity index (χ0n) is 15.1. The molecule has 27 heavy (non-hydrogen) atoms. The number of ether oxygens (including phenoxy) is 2. The van der Waals surface area contributed by atoms with Crippen LogP contribution in [-0.4, -0.2) is 46.8 Å². The molecule has 0 aliphatic rings. The molecule has 2 aromatic rings. The lowest BCUT2D eigenvalue weighted by atomic mass is 10.1. The Morgan fingerprint density at radius 1 is 1.04 bits per heavy atom. The number of nitrogens with one attached hydrogen (secondary N) is 1. The quantitative estimate of drug-likeness (QED) is 0.687. The van der Waals surface area contributed by atoms with Crippen molar-refractivity contribution in [3.63, 3.8) is 0 Å². The van der Waals surface area contributed by atoms with E-state index in [0.717, 1.165) is 17.6 Å². The highest BCUT2D eigenvalue weighted by atomic mass is 32.2. The molecule has 0 unspecified atom stereocenters. The van der Waals surface area contributed by atoms with Crippen molar-refractivity contribution in [2.45, 2.75) is 11.3 Å². The van der Waals surface area contributed by atoms with Gasteiger partial charge in [-0.25, -0.2) is 13.2 Å². The standard InChI is InChI=1S/C19H21NO6S/c1-25-15-9-7-14(8-10-15)11-12-20-18(21)13-26-19(22)16-5-3-4-6-17(16)27(2,23)24/h3-10H,11-13H2,1-2H3,(H,20,21). The first-order chi connectivity index (χ1) is 12.8. The van der Waals surface area contributed by atoms with Gasteiger partial charge in [0.05, 0.1) is 17.6 Å². The number of benzene rings is 2. The Balaban J connectivity index is 1.82. The number of carbonyl (C=O) groups excluding carboxylic acids is 2. The van der Waals surface area contributed by atoms with E-state index in [-0.39, 0.29) is 10.5 Å². The second-order valence-corrected chi connectivity index (χ2v) is 7.78. The lowest BCUT2D eigenvalue weighted by molar-refractivity contribution is -0.124. The van der Waals surface area contributed by atoms with Crippen LogP contribution in [-0.2, 0) is 25.8 Å². The minimum absolute atomic E-state index is 0.0916. The van der Waals surface area contributed by atoms with Gasteiger partial charge in [-0.05, 0) is 36.2 Å². The van der Waals surface area contributed by atoms with Gasteiger partial charge in [0.1, 0.15) is 5.75 Å². The van der Waals surface area contributed by atoms with E-state index >= 15 is 0 Å². The van der Waals surface area contributed by atoms with E-state index in [1.165, 1.54) is 24.3 Å². The summed E-state index contributed by atoms with van der Waals surface area (Å²) in [5.74, 6) is -0.570. The van der Waals surface area contributed by atoms with Gasteiger partial charge >= 0.3 is 5.97 Å². The summed E-state index contributed by atoms with van der Waals surface area (Å²) < 4.78 is 33.4. The van der Waals surface area contributed by atoms with Gasteiger partial charge in [-0.15, -0.1) is 0 Å².